The fourth-order valence-electron chi connectivity index (χ4n) is 2.95. The van der Waals surface area contributed by atoms with Crippen molar-refractivity contribution in [1.82, 2.24) is 4.31 Å². The largest absolute Gasteiger partial charge is 0.457 e. The van der Waals surface area contributed by atoms with Crippen molar-refractivity contribution in [3.05, 3.63) is 50.8 Å². The zero-order valence-electron chi connectivity index (χ0n) is 15.4. The summed E-state index contributed by atoms with van der Waals surface area (Å²) < 4.78 is 32.1. The average molecular weight is 476 g/mol. The summed E-state index contributed by atoms with van der Waals surface area (Å²) in [5, 5.41) is 0.575. The van der Waals surface area contributed by atoms with Crippen molar-refractivity contribution in [3.63, 3.8) is 0 Å². The highest BCUT2D eigenvalue weighted by Gasteiger charge is 2.27. The number of hydrogen-bond acceptors (Lipinski definition) is 6. The van der Waals surface area contributed by atoms with Gasteiger partial charge in [0.1, 0.15) is 4.21 Å². The van der Waals surface area contributed by atoms with Gasteiger partial charge in [0.2, 0.25) is 5.78 Å². The molecule has 0 radical (unpaired) electrons. The van der Waals surface area contributed by atoms with Crippen LogP contribution in [0.25, 0.3) is 0 Å². The maximum Gasteiger partial charge on any atom is 0.311 e. The molecule has 1 saturated heterocycles. The molecular weight excluding hydrogens is 457 g/mol. The number of carbonyl (C=O) groups is 2. The van der Waals surface area contributed by atoms with Crippen LogP contribution in [0.4, 0.5) is 0 Å². The third-order valence-corrected chi connectivity index (χ3v) is 8.47. The number of carbonyl (C=O) groups excluding carboxylic acids is 2. The van der Waals surface area contributed by atoms with Crippen LogP contribution in [0.1, 0.15) is 34.5 Å². The minimum atomic E-state index is -3.53. The third-order valence-electron chi connectivity index (χ3n) is 4.46. The number of nitrogens with zero attached hydrogens (tertiary/aromatic N) is 1. The molecule has 0 aliphatic carbocycles. The Morgan fingerprint density at radius 3 is 2.52 bits per heavy atom. The molecule has 1 aliphatic heterocycles. The molecule has 3 rings (SSSR count). The fraction of sp³-hybridized carbons (Fsp3) is 0.368. The second-order valence-electron chi connectivity index (χ2n) is 6.57. The fourth-order valence-corrected chi connectivity index (χ4v) is 6.36. The number of benzene rings is 1. The quantitative estimate of drug-likeness (QED) is 0.442. The molecule has 0 amide bonds. The monoisotopic (exact) mass is 475 g/mol. The van der Waals surface area contributed by atoms with Crippen LogP contribution in [-0.4, -0.2) is 44.2 Å². The van der Waals surface area contributed by atoms with E-state index < -0.39 is 28.4 Å². The van der Waals surface area contributed by atoms with Crippen LogP contribution in [-0.2, 0) is 26.0 Å². The molecule has 1 aliphatic rings. The minimum Gasteiger partial charge on any atom is -0.457 e. The number of rotatable bonds is 7. The van der Waals surface area contributed by atoms with E-state index in [1.165, 1.54) is 22.5 Å². The van der Waals surface area contributed by atoms with Crippen molar-refractivity contribution in [2.75, 3.05) is 19.7 Å². The van der Waals surface area contributed by atoms with Gasteiger partial charge in [0, 0.05) is 28.6 Å². The van der Waals surface area contributed by atoms with E-state index in [4.69, 9.17) is 27.9 Å². The first-order valence-corrected chi connectivity index (χ1v) is 12.0. The Morgan fingerprint density at radius 2 is 1.79 bits per heavy atom. The van der Waals surface area contributed by atoms with Gasteiger partial charge in [0.15, 0.2) is 6.61 Å². The van der Waals surface area contributed by atoms with Crippen LogP contribution in [0, 0.1) is 0 Å². The molecule has 156 valence electrons. The molecule has 2 heterocycles. The lowest BCUT2D eigenvalue weighted by molar-refractivity contribution is -0.141. The van der Waals surface area contributed by atoms with Crippen molar-refractivity contribution in [2.45, 2.75) is 29.9 Å². The van der Waals surface area contributed by atoms with Gasteiger partial charge in [-0.05, 0) is 43.2 Å². The van der Waals surface area contributed by atoms with Gasteiger partial charge in [0.05, 0.1) is 11.4 Å². The normalized spacial score (nSPS) is 15.2. The van der Waals surface area contributed by atoms with Crippen LogP contribution in [0.3, 0.4) is 0 Å². The Morgan fingerprint density at radius 1 is 1.07 bits per heavy atom. The zero-order chi connectivity index (χ0) is 21.0. The van der Waals surface area contributed by atoms with Crippen molar-refractivity contribution in [3.8, 4) is 0 Å². The maximum atomic E-state index is 12.7. The molecule has 10 heteroatoms. The predicted octanol–water partition coefficient (Wildman–Crippen LogP) is 4.20. The molecular formula is C19H19Cl2NO5S2. The van der Waals surface area contributed by atoms with Crippen molar-refractivity contribution in [2.24, 2.45) is 0 Å². The summed E-state index contributed by atoms with van der Waals surface area (Å²) in [7, 11) is -3.53. The summed E-state index contributed by atoms with van der Waals surface area (Å²) in [6.07, 6.45) is 2.63. The number of Topliss-reactive ketones (excluding diaryl/α,β-unsaturated/α-hetero) is 1. The number of halogens is 2. The Hall–Kier alpha value is -1.45. The van der Waals surface area contributed by atoms with E-state index in [9.17, 15) is 18.0 Å². The minimum absolute atomic E-state index is 0.114. The highest BCUT2D eigenvalue weighted by Crippen LogP contribution is 2.27. The van der Waals surface area contributed by atoms with Gasteiger partial charge in [-0.1, -0.05) is 29.6 Å². The standard InChI is InChI=1S/C19H19Cl2NO5S2/c20-13-4-6-16(21)15(10-13)17(23)12-27-18(24)11-14-5-7-19(28-14)29(25,26)22-8-2-1-3-9-22/h4-7,10H,1-3,8-9,11-12H2. The lowest BCUT2D eigenvalue weighted by Crippen LogP contribution is -2.35. The molecule has 1 aromatic carbocycles. The summed E-state index contributed by atoms with van der Waals surface area (Å²) in [6, 6.07) is 7.57. The lowest BCUT2D eigenvalue weighted by Gasteiger charge is -2.25. The molecule has 1 fully saturated rings. The van der Waals surface area contributed by atoms with Crippen LogP contribution in [0.2, 0.25) is 10.0 Å². The number of thiophene rings is 1. The second-order valence-corrected chi connectivity index (χ2v) is 10.7. The maximum absolute atomic E-state index is 12.7. The highest BCUT2D eigenvalue weighted by atomic mass is 35.5. The van der Waals surface area contributed by atoms with Crippen LogP contribution >= 0.6 is 34.5 Å². The van der Waals surface area contributed by atoms with Crippen molar-refractivity contribution >= 4 is 56.3 Å². The Bertz CT molecular complexity index is 1010. The van der Waals surface area contributed by atoms with Crippen molar-refractivity contribution < 1.29 is 22.7 Å². The molecule has 29 heavy (non-hydrogen) atoms. The molecule has 0 unspecified atom stereocenters. The number of piperidine rings is 1. The van der Waals surface area contributed by atoms with E-state index in [0.29, 0.717) is 23.0 Å². The van der Waals surface area contributed by atoms with Gasteiger partial charge in [-0.2, -0.15) is 4.31 Å². The first kappa shape index (κ1) is 22.2. The van der Waals surface area contributed by atoms with Gasteiger partial charge in [-0.25, -0.2) is 8.42 Å². The topological polar surface area (TPSA) is 80.8 Å². The Balaban J connectivity index is 1.57. The molecule has 0 saturated carbocycles. The summed E-state index contributed by atoms with van der Waals surface area (Å²) >= 11 is 12.9. The Kier molecular flexibility index (Phi) is 7.34. The zero-order valence-corrected chi connectivity index (χ0v) is 18.5. The number of ketones is 1. The van der Waals surface area contributed by atoms with Crippen molar-refractivity contribution in [1.29, 1.82) is 0 Å². The van der Waals surface area contributed by atoms with E-state index in [1.807, 2.05) is 0 Å². The third kappa shape index (κ3) is 5.58. The number of esters is 1. The molecule has 0 spiro atoms. The molecule has 0 atom stereocenters. The summed E-state index contributed by atoms with van der Waals surface area (Å²) in [6.45, 7) is 0.570. The number of ether oxygens (including phenoxy) is 1. The van der Waals surface area contributed by atoms with Gasteiger partial charge < -0.3 is 4.74 Å². The molecule has 1 aromatic heterocycles. The first-order valence-electron chi connectivity index (χ1n) is 9.00. The van der Waals surface area contributed by atoms with E-state index in [-0.39, 0.29) is 21.2 Å². The number of sulfonamides is 1. The highest BCUT2D eigenvalue weighted by molar-refractivity contribution is 7.91. The van der Waals surface area contributed by atoms with Gasteiger partial charge in [-0.15, -0.1) is 11.3 Å². The molecule has 0 N–H and O–H groups in total. The van der Waals surface area contributed by atoms with E-state index in [1.54, 1.807) is 12.1 Å². The number of hydrogen-bond donors (Lipinski definition) is 0. The Labute approximate surface area is 183 Å². The first-order chi connectivity index (χ1) is 13.8. The predicted molar refractivity (Wildman–Crippen MR) is 112 cm³/mol. The lowest BCUT2D eigenvalue weighted by atomic mass is 10.1. The van der Waals surface area contributed by atoms with Crippen LogP contribution < -0.4 is 0 Å². The summed E-state index contributed by atoms with van der Waals surface area (Å²) in [5.74, 6) is -1.09. The van der Waals surface area contributed by atoms with Crippen LogP contribution in [0.5, 0.6) is 0 Å². The van der Waals surface area contributed by atoms with E-state index in [0.717, 1.165) is 30.6 Å². The smallest absolute Gasteiger partial charge is 0.311 e. The molecule has 0 bridgehead atoms. The summed E-state index contributed by atoms with van der Waals surface area (Å²) in [4.78, 5) is 24.8. The molecule has 6 nitrogen and oxygen atoms in total. The van der Waals surface area contributed by atoms with Crippen LogP contribution in [0.15, 0.2) is 34.5 Å². The summed E-state index contributed by atoms with van der Waals surface area (Å²) in [5.41, 5.74) is 0.179. The van der Waals surface area contributed by atoms with Gasteiger partial charge in [0.25, 0.3) is 10.0 Å². The van der Waals surface area contributed by atoms with E-state index in [2.05, 4.69) is 0 Å². The average Bonchev–Trinajstić information content (AvgIpc) is 3.18. The molecule has 2 aromatic rings. The van der Waals surface area contributed by atoms with Gasteiger partial charge in [-0.3, -0.25) is 9.59 Å². The second kappa shape index (κ2) is 9.57. The van der Waals surface area contributed by atoms with E-state index >= 15 is 0 Å². The van der Waals surface area contributed by atoms with Gasteiger partial charge >= 0.3 is 5.97 Å². The SMILES string of the molecule is O=C(Cc1ccc(S(=O)(=O)N2CCCCC2)s1)OCC(=O)c1cc(Cl)ccc1Cl.